The van der Waals surface area contributed by atoms with Crippen LogP contribution in [0.2, 0.25) is 0 Å². The highest BCUT2D eigenvalue weighted by Gasteiger charge is 2.40. The third-order valence-electron chi connectivity index (χ3n) is 3.97. The molecule has 0 heterocycles. The molecule has 2 atom stereocenters. The maximum absolute atomic E-state index is 10.0. The lowest BCUT2D eigenvalue weighted by Crippen LogP contribution is -2.48. The van der Waals surface area contributed by atoms with Crippen molar-refractivity contribution < 1.29 is 5.11 Å². The van der Waals surface area contributed by atoms with Crippen molar-refractivity contribution in [3.05, 3.63) is 0 Å². The van der Waals surface area contributed by atoms with E-state index in [-0.39, 0.29) is 6.10 Å². The van der Waals surface area contributed by atoms with Crippen LogP contribution in [0.15, 0.2) is 0 Å². The maximum atomic E-state index is 10.0. The lowest BCUT2D eigenvalue weighted by Gasteiger charge is -2.43. The summed E-state index contributed by atoms with van der Waals surface area (Å²) in [5.41, 5.74) is 0.424. The van der Waals surface area contributed by atoms with Crippen molar-refractivity contribution >= 4 is 0 Å². The van der Waals surface area contributed by atoms with E-state index in [1.165, 1.54) is 19.3 Å². The Morgan fingerprint density at radius 3 is 2.43 bits per heavy atom. The van der Waals surface area contributed by atoms with Crippen LogP contribution in [0.3, 0.4) is 0 Å². The fourth-order valence-corrected chi connectivity index (χ4v) is 2.70. The first kappa shape index (κ1) is 10.4. The first-order chi connectivity index (χ1) is 6.49. The zero-order chi connectivity index (χ0) is 10.3. The summed E-state index contributed by atoms with van der Waals surface area (Å²) in [6.07, 6.45) is 5.88. The average Bonchev–Trinajstić information content (AvgIpc) is 2.91. The van der Waals surface area contributed by atoms with Crippen LogP contribution in [0.5, 0.6) is 0 Å². The van der Waals surface area contributed by atoms with E-state index in [1.807, 2.05) is 0 Å². The minimum Gasteiger partial charge on any atom is -0.391 e. The fourth-order valence-electron chi connectivity index (χ4n) is 2.70. The van der Waals surface area contributed by atoms with Crippen LogP contribution in [0, 0.1) is 5.41 Å². The molecule has 0 saturated heterocycles. The predicted molar refractivity (Wildman–Crippen MR) is 58.2 cm³/mol. The Hall–Kier alpha value is -0.0800. The third kappa shape index (κ3) is 2.12. The van der Waals surface area contributed by atoms with Crippen molar-refractivity contribution in [1.29, 1.82) is 0 Å². The molecule has 2 aliphatic carbocycles. The molecule has 0 aromatic carbocycles. The van der Waals surface area contributed by atoms with Gasteiger partial charge in [-0.25, -0.2) is 0 Å². The first-order valence-corrected chi connectivity index (χ1v) is 5.90. The van der Waals surface area contributed by atoms with Crippen molar-refractivity contribution in [2.75, 3.05) is 7.05 Å². The van der Waals surface area contributed by atoms with Crippen LogP contribution in [-0.2, 0) is 0 Å². The summed E-state index contributed by atoms with van der Waals surface area (Å²) in [5.74, 6) is 0. The summed E-state index contributed by atoms with van der Waals surface area (Å²) in [5, 5.41) is 10.0. The van der Waals surface area contributed by atoms with Gasteiger partial charge in [-0.2, -0.15) is 0 Å². The quantitative estimate of drug-likeness (QED) is 0.732. The van der Waals surface area contributed by atoms with E-state index in [1.54, 1.807) is 0 Å². The Labute approximate surface area is 87.3 Å². The smallest absolute Gasteiger partial charge is 0.0695 e. The van der Waals surface area contributed by atoms with E-state index in [0.717, 1.165) is 18.9 Å². The molecule has 2 heteroatoms. The number of likely N-dealkylation sites (N-methyl/N-ethyl adjacent to an activating group) is 1. The molecular formula is C12H23NO. The van der Waals surface area contributed by atoms with Gasteiger partial charge in [-0.15, -0.1) is 0 Å². The molecule has 0 aromatic rings. The standard InChI is InChI=1S/C12H23NO/c1-12(2)7-6-11(14)10(8-12)13(3)9-4-5-9/h9-11,14H,4-8H2,1-3H3. The molecular weight excluding hydrogens is 174 g/mol. The molecule has 1 N–H and O–H groups in total. The first-order valence-electron chi connectivity index (χ1n) is 5.90. The van der Waals surface area contributed by atoms with E-state index < -0.39 is 0 Å². The van der Waals surface area contributed by atoms with E-state index in [4.69, 9.17) is 0 Å². The van der Waals surface area contributed by atoms with Crippen LogP contribution in [0.4, 0.5) is 0 Å². The SMILES string of the molecule is CN(C1CC1)C1CC(C)(C)CCC1O. The molecule has 2 aliphatic rings. The van der Waals surface area contributed by atoms with Gasteiger partial charge in [0.1, 0.15) is 0 Å². The minimum atomic E-state index is -0.0892. The van der Waals surface area contributed by atoms with Crippen LogP contribution in [-0.4, -0.2) is 35.2 Å². The summed E-state index contributed by atoms with van der Waals surface area (Å²) < 4.78 is 0. The zero-order valence-electron chi connectivity index (χ0n) is 9.66. The predicted octanol–water partition coefficient (Wildman–Crippen LogP) is 2.02. The van der Waals surface area contributed by atoms with Crippen LogP contribution in [0.1, 0.15) is 46.0 Å². The molecule has 0 bridgehead atoms. The van der Waals surface area contributed by atoms with Gasteiger partial charge in [-0.3, -0.25) is 4.90 Å². The summed E-state index contributed by atoms with van der Waals surface area (Å²) in [6.45, 7) is 4.65. The van der Waals surface area contributed by atoms with Gasteiger partial charge in [0, 0.05) is 12.1 Å². The Bertz CT molecular complexity index is 210. The topological polar surface area (TPSA) is 23.5 Å². The molecule has 2 saturated carbocycles. The number of rotatable bonds is 2. The van der Waals surface area contributed by atoms with Gasteiger partial charge < -0.3 is 5.11 Å². The van der Waals surface area contributed by atoms with Crippen molar-refractivity contribution in [1.82, 2.24) is 4.90 Å². The Morgan fingerprint density at radius 2 is 1.86 bits per heavy atom. The molecule has 2 rings (SSSR count). The normalized spacial score (nSPS) is 37.5. The van der Waals surface area contributed by atoms with Crippen LogP contribution in [0.25, 0.3) is 0 Å². The Kier molecular flexibility index (Phi) is 2.61. The van der Waals surface area contributed by atoms with Crippen LogP contribution >= 0.6 is 0 Å². The summed E-state index contributed by atoms with van der Waals surface area (Å²) in [7, 11) is 2.19. The largest absolute Gasteiger partial charge is 0.391 e. The molecule has 2 unspecified atom stereocenters. The summed E-state index contributed by atoms with van der Waals surface area (Å²) in [6, 6.07) is 1.18. The molecule has 0 spiro atoms. The van der Waals surface area contributed by atoms with Gasteiger partial charge in [-0.1, -0.05) is 13.8 Å². The minimum absolute atomic E-state index is 0.0892. The monoisotopic (exact) mass is 197 g/mol. The third-order valence-corrected chi connectivity index (χ3v) is 3.97. The van der Waals surface area contributed by atoms with Gasteiger partial charge >= 0.3 is 0 Å². The van der Waals surface area contributed by atoms with Crippen molar-refractivity contribution in [2.24, 2.45) is 5.41 Å². The highest BCUT2D eigenvalue weighted by molar-refractivity contribution is 4.95. The molecule has 2 nitrogen and oxygen atoms in total. The zero-order valence-corrected chi connectivity index (χ0v) is 9.66. The number of aliphatic hydroxyl groups is 1. The Balaban J connectivity index is 2.00. The number of hydrogen-bond acceptors (Lipinski definition) is 2. The molecule has 0 aliphatic heterocycles. The van der Waals surface area contributed by atoms with Crippen LogP contribution < -0.4 is 0 Å². The van der Waals surface area contributed by atoms with Gasteiger partial charge in [-0.05, 0) is 44.6 Å². The molecule has 82 valence electrons. The molecule has 0 radical (unpaired) electrons. The molecule has 2 fully saturated rings. The second kappa shape index (κ2) is 3.49. The highest BCUT2D eigenvalue weighted by Crippen LogP contribution is 2.40. The van der Waals surface area contributed by atoms with Gasteiger partial charge in [0.25, 0.3) is 0 Å². The number of nitrogens with zero attached hydrogens (tertiary/aromatic N) is 1. The second-order valence-electron chi connectivity index (χ2n) is 5.94. The van der Waals surface area contributed by atoms with Crippen molar-refractivity contribution in [2.45, 2.75) is 64.1 Å². The molecule has 0 amide bonds. The van der Waals surface area contributed by atoms with Crippen molar-refractivity contribution in [3.8, 4) is 0 Å². The van der Waals surface area contributed by atoms with Gasteiger partial charge in [0.2, 0.25) is 0 Å². The van der Waals surface area contributed by atoms with E-state index >= 15 is 0 Å². The Morgan fingerprint density at radius 1 is 1.21 bits per heavy atom. The lowest BCUT2D eigenvalue weighted by molar-refractivity contribution is -0.0102. The second-order valence-corrected chi connectivity index (χ2v) is 5.94. The lowest BCUT2D eigenvalue weighted by atomic mass is 9.73. The average molecular weight is 197 g/mol. The summed E-state index contributed by atoms with van der Waals surface area (Å²) >= 11 is 0. The number of hydrogen-bond donors (Lipinski definition) is 1. The molecule has 14 heavy (non-hydrogen) atoms. The van der Waals surface area contributed by atoms with E-state index in [0.29, 0.717) is 11.5 Å². The number of aliphatic hydroxyl groups excluding tert-OH is 1. The van der Waals surface area contributed by atoms with E-state index in [9.17, 15) is 5.11 Å². The molecule has 0 aromatic heterocycles. The van der Waals surface area contributed by atoms with E-state index in [2.05, 4.69) is 25.8 Å². The summed E-state index contributed by atoms with van der Waals surface area (Å²) in [4.78, 5) is 2.42. The van der Waals surface area contributed by atoms with Gasteiger partial charge in [0.15, 0.2) is 0 Å². The fraction of sp³-hybridized carbons (Fsp3) is 1.00. The highest BCUT2D eigenvalue weighted by atomic mass is 16.3. The van der Waals surface area contributed by atoms with Gasteiger partial charge in [0.05, 0.1) is 6.10 Å². The maximum Gasteiger partial charge on any atom is 0.0695 e. The van der Waals surface area contributed by atoms with Crippen molar-refractivity contribution in [3.63, 3.8) is 0 Å².